The Morgan fingerprint density at radius 2 is 2.18 bits per heavy atom. The van der Waals surface area contributed by atoms with E-state index in [2.05, 4.69) is 4.72 Å². The number of aliphatic hydroxyl groups is 1. The molecule has 0 aliphatic heterocycles. The Kier molecular flexibility index (Phi) is 4.65. The van der Waals surface area contributed by atoms with Crippen molar-refractivity contribution in [3.8, 4) is 6.07 Å². The van der Waals surface area contributed by atoms with Crippen molar-refractivity contribution in [3.05, 3.63) is 17.0 Å². The highest BCUT2D eigenvalue weighted by molar-refractivity contribution is 7.91. The van der Waals surface area contributed by atoms with E-state index in [-0.39, 0.29) is 22.8 Å². The third-order valence-electron chi connectivity index (χ3n) is 2.44. The molecule has 1 aromatic heterocycles. The molecule has 94 valence electrons. The number of nitrogens with zero attached hydrogens (tertiary/aromatic N) is 1. The smallest absolute Gasteiger partial charge is 0.250 e. The van der Waals surface area contributed by atoms with E-state index in [9.17, 15) is 8.42 Å². The Balaban J connectivity index is 2.86. The first kappa shape index (κ1) is 14.1. The van der Waals surface area contributed by atoms with E-state index in [1.165, 1.54) is 12.1 Å². The summed E-state index contributed by atoms with van der Waals surface area (Å²) in [7, 11) is -3.60. The maximum Gasteiger partial charge on any atom is 0.250 e. The molecule has 17 heavy (non-hydrogen) atoms. The molecule has 0 fully saturated rings. The number of hydrogen-bond donors (Lipinski definition) is 2. The summed E-state index contributed by atoms with van der Waals surface area (Å²) in [6.07, 6.45) is 0. The normalized spacial score (nSPS) is 15.2. The molecular formula is C10H14N2O3S2. The summed E-state index contributed by atoms with van der Waals surface area (Å²) in [5.41, 5.74) is 0. The van der Waals surface area contributed by atoms with Crippen LogP contribution in [0.4, 0.5) is 0 Å². The molecule has 0 amide bonds. The van der Waals surface area contributed by atoms with Gasteiger partial charge in [0.1, 0.15) is 15.2 Å². The molecule has 0 aliphatic carbocycles. The number of sulfonamides is 1. The average molecular weight is 274 g/mol. The largest absolute Gasteiger partial charge is 0.396 e. The summed E-state index contributed by atoms with van der Waals surface area (Å²) < 4.78 is 26.4. The molecule has 0 saturated carbocycles. The van der Waals surface area contributed by atoms with Crippen LogP contribution in [0.2, 0.25) is 0 Å². The maximum absolute atomic E-state index is 11.9. The highest BCUT2D eigenvalue weighted by atomic mass is 32.2. The SMILES string of the molecule is CC(CO)C(C)NS(=O)(=O)c1ccc(C#N)s1. The first-order valence-corrected chi connectivity index (χ1v) is 7.33. The minimum absolute atomic E-state index is 0.0857. The molecular weight excluding hydrogens is 260 g/mol. The molecule has 0 bridgehead atoms. The second-order valence-corrected chi connectivity index (χ2v) is 6.82. The number of nitriles is 1. The minimum atomic E-state index is -3.60. The zero-order valence-electron chi connectivity index (χ0n) is 9.54. The van der Waals surface area contributed by atoms with E-state index < -0.39 is 10.0 Å². The van der Waals surface area contributed by atoms with Gasteiger partial charge in [0, 0.05) is 12.6 Å². The number of rotatable bonds is 5. The van der Waals surface area contributed by atoms with E-state index in [0.717, 1.165) is 11.3 Å². The standard InChI is InChI=1S/C10H14N2O3S2/c1-7(6-13)8(2)12-17(14,15)10-4-3-9(5-11)16-10/h3-4,7-8,12-13H,6H2,1-2H3. The third kappa shape index (κ3) is 3.51. The lowest BCUT2D eigenvalue weighted by molar-refractivity contribution is 0.216. The Bertz CT molecular complexity index is 516. The van der Waals surface area contributed by atoms with Crippen molar-refractivity contribution in [1.82, 2.24) is 4.72 Å². The molecule has 5 nitrogen and oxygen atoms in total. The van der Waals surface area contributed by atoms with Crippen LogP contribution in [0.1, 0.15) is 18.7 Å². The van der Waals surface area contributed by atoms with Gasteiger partial charge in [-0.15, -0.1) is 11.3 Å². The summed E-state index contributed by atoms with van der Waals surface area (Å²) in [5, 5.41) is 17.6. The predicted octanol–water partition coefficient (Wildman–Crippen LogP) is 0.915. The van der Waals surface area contributed by atoms with Crippen molar-refractivity contribution in [3.63, 3.8) is 0 Å². The minimum Gasteiger partial charge on any atom is -0.396 e. The van der Waals surface area contributed by atoms with Gasteiger partial charge < -0.3 is 5.11 Å². The Morgan fingerprint density at radius 3 is 2.65 bits per heavy atom. The molecule has 2 N–H and O–H groups in total. The quantitative estimate of drug-likeness (QED) is 0.835. The topological polar surface area (TPSA) is 90.2 Å². The van der Waals surface area contributed by atoms with Crippen molar-refractivity contribution in [2.75, 3.05) is 6.61 Å². The van der Waals surface area contributed by atoms with Crippen LogP contribution in [0.15, 0.2) is 16.3 Å². The molecule has 0 aliphatic rings. The van der Waals surface area contributed by atoms with E-state index >= 15 is 0 Å². The van der Waals surface area contributed by atoms with Gasteiger partial charge in [0.15, 0.2) is 0 Å². The van der Waals surface area contributed by atoms with Crippen LogP contribution >= 0.6 is 11.3 Å². The second kappa shape index (κ2) is 5.60. The van der Waals surface area contributed by atoms with Crippen molar-refractivity contribution >= 4 is 21.4 Å². The average Bonchev–Trinajstić information content (AvgIpc) is 2.76. The fourth-order valence-corrected chi connectivity index (χ4v) is 3.57. The lowest BCUT2D eigenvalue weighted by atomic mass is 10.1. The van der Waals surface area contributed by atoms with Crippen LogP contribution < -0.4 is 4.72 Å². The van der Waals surface area contributed by atoms with Crippen molar-refractivity contribution in [2.45, 2.75) is 24.1 Å². The van der Waals surface area contributed by atoms with Crippen LogP contribution in [0.5, 0.6) is 0 Å². The monoisotopic (exact) mass is 274 g/mol. The molecule has 0 spiro atoms. The fourth-order valence-electron chi connectivity index (χ4n) is 1.10. The zero-order valence-corrected chi connectivity index (χ0v) is 11.2. The van der Waals surface area contributed by atoms with Gasteiger partial charge in [0.05, 0.1) is 0 Å². The molecule has 0 radical (unpaired) electrons. The second-order valence-electron chi connectivity index (χ2n) is 3.80. The van der Waals surface area contributed by atoms with Crippen molar-refractivity contribution < 1.29 is 13.5 Å². The Morgan fingerprint density at radius 1 is 1.53 bits per heavy atom. The number of nitrogens with one attached hydrogen (secondary N) is 1. The van der Waals surface area contributed by atoms with Gasteiger partial charge in [0.25, 0.3) is 0 Å². The predicted molar refractivity (Wildman–Crippen MR) is 65.1 cm³/mol. The molecule has 0 saturated heterocycles. The zero-order chi connectivity index (χ0) is 13.1. The van der Waals surface area contributed by atoms with Crippen molar-refractivity contribution in [1.29, 1.82) is 5.26 Å². The number of aliphatic hydroxyl groups excluding tert-OH is 1. The van der Waals surface area contributed by atoms with Crippen molar-refractivity contribution in [2.24, 2.45) is 5.92 Å². The molecule has 2 unspecified atom stereocenters. The van der Waals surface area contributed by atoms with Crippen LogP contribution in [-0.4, -0.2) is 26.2 Å². The van der Waals surface area contributed by atoms with Gasteiger partial charge in [-0.25, -0.2) is 13.1 Å². The van der Waals surface area contributed by atoms with Crippen LogP contribution in [0.25, 0.3) is 0 Å². The first-order chi connectivity index (χ1) is 7.90. The van der Waals surface area contributed by atoms with Crippen LogP contribution in [-0.2, 0) is 10.0 Å². The van der Waals surface area contributed by atoms with Crippen LogP contribution in [0, 0.1) is 17.2 Å². The molecule has 1 rings (SSSR count). The summed E-state index contributed by atoms with van der Waals surface area (Å²) >= 11 is 0.927. The van der Waals surface area contributed by atoms with E-state index in [0.29, 0.717) is 4.88 Å². The van der Waals surface area contributed by atoms with Gasteiger partial charge in [-0.3, -0.25) is 0 Å². The molecule has 7 heteroatoms. The highest BCUT2D eigenvalue weighted by Crippen LogP contribution is 2.21. The highest BCUT2D eigenvalue weighted by Gasteiger charge is 2.22. The van der Waals surface area contributed by atoms with Gasteiger partial charge >= 0.3 is 0 Å². The van der Waals surface area contributed by atoms with Gasteiger partial charge in [-0.2, -0.15) is 5.26 Å². The molecule has 2 atom stereocenters. The molecule has 0 aromatic carbocycles. The van der Waals surface area contributed by atoms with Gasteiger partial charge in [-0.1, -0.05) is 6.92 Å². The first-order valence-electron chi connectivity index (χ1n) is 5.04. The van der Waals surface area contributed by atoms with E-state index in [4.69, 9.17) is 10.4 Å². The summed E-state index contributed by atoms with van der Waals surface area (Å²) in [6.45, 7) is 3.36. The van der Waals surface area contributed by atoms with Gasteiger partial charge in [-0.05, 0) is 25.0 Å². The van der Waals surface area contributed by atoms with Gasteiger partial charge in [0.2, 0.25) is 10.0 Å². The molecule has 1 aromatic rings. The number of hydrogen-bond acceptors (Lipinski definition) is 5. The Labute approximate surface area is 105 Å². The fraction of sp³-hybridized carbons (Fsp3) is 0.500. The number of thiophene rings is 1. The van der Waals surface area contributed by atoms with E-state index in [1.54, 1.807) is 13.8 Å². The maximum atomic E-state index is 11.9. The lowest BCUT2D eigenvalue weighted by Crippen LogP contribution is -2.37. The Hall–Kier alpha value is -0.940. The summed E-state index contributed by atoms with van der Waals surface area (Å²) in [4.78, 5) is 0.355. The summed E-state index contributed by atoms with van der Waals surface area (Å²) in [5.74, 6) is -0.167. The summed E-state index contributed by atoms with van der Waals surface area (Å²) in [6, 6.07) is 4.41. The van der Waals surface area contributed by atoms with Crippen LogP contribution in [0.3, 0.4) is 0 Å². The van der Waals surface area contributed by atoms with E-state index in [1.807, 2.05) is 6.07 Å². The lowest BCUT2D eigenvalue weighted by Gasteiger charge is -2.18. The third-order valence-corrected chi connectivity index (χ3v) is 5.48. The molecule has 1 heterocycles.